The first-order valence-electron chi connectivity index (χ1n) is 6.06. The van der Waals surface area contributed by atoms with Gasteiger partial charge in [-0.25, -0.2) is 0 Å². The van der Waals surface area contributed by atoms with Crippen LogP contribution >= 0.6 is 0 Å². The summed E-state index contributed by atoms with van der Waals surface area (Å²) in [4.78, 5) is 10.5. The molecule has 19 heavy (non-hydrogen) atoms. The molecule has 0 aliphatic rings. The van der Waals surface area contributed by atoms with Crippen molar-refractivity contribution in [2.24, 2.45) is 0 Å². The normalized spacial score (nSPS) is 11.9. The summed E-state index contributed by atoms with van der Waals surface area (Å²) in [5.41, 5.74) is 7.70. The minimum atomic E-state index is 0.143. The van der Waals surface area contributed by atoms with Crippen molar-refractivity contribution in [2.75, 3.05) is 24.8 Å². The summed E-state index contributed by atoms with van der Waals surface area (Å²) in [6.45, 7) is 2.09. The molecule has 2 aromatic rings. The van der Waals surface area contributed by atoms with E-state index in [2.05, 4.69) is 16.9 Å². The average Bonchev–Trinajstić information content (AvgIpc) is 2.45. The Bertz CT molecular complexity index is 559. The van der Waals surface area contributed by atoms with Crippen molar-refractivity contribution >= 4 is 11.5 Å². The number of nitrogens with zero attached hydrogens (tertiary/aromatic N) is 3. The lowest BCUT2D eigenvalue weighted by Crippen LogP contribution is -2.23. The third kappa shape index (κ3) is 2.93. The van der Waals surface area contributed by atoms with E-state index < -0.39 is 0 Å². The van der Waals surface area contributed by atoms with E-state index >= 15 is 0 Å². The third-order valence-electron chi connectivity index (χ3n) is 3.14. The van der Waals surface area contributed by atoms with Gasteiger partial charge in [0.1, 0.15) is 0 Å². The quantitative estimate of drug-likeness (QED) is 0.852. The zero-order valence-corrected chi connectivity index (χ0v) is 11.4. The van der Waals surface area contributed by atoms with E-state index in [1.54, 1.807) is 19.5 Å². The van der Waals surface area contributed by atoms with Crippen LogP contribution in [0.15, 0.2) is 36.7 Å². The first kappa shape index (κ1) is 13.1. The molecule has 2 N–H and O–H groups in total. The van der Waals surface area contributed by atoms with E-state index in [0.717, 1.165) is 17.1 Å². The van der Waals surface area contributed by atoms with Gasteiger partial charge in [0.15, 0.2) is 5.82 Å². The van der Waals surface area contributed by atoms with E-state index in [1.165, 1.54) is 0 Å². The molecule has 0 bridgehead atoms. The van der Waals surface area contributed by atoms with Gasteiger partial charge in [-0.3, -0.25) is 4.98 Å². The fraction of sp³-hybridized carbons (Fsp3) is 0.286. The highest BCUT2D eigenvalue weighted by Gasteiger charge is 2.14. The van der Waals surface area contributed by atoms with Gasteiger partial charge in [0.25, 0.3) is 0 Å². The maximum Gasteiger partial charge on any atom is 0.233 e. The van der Waals surface area contributed by atoms with Gasteiger partial charge in [0.2, 0.25) is 5.88 Å². The van der Waals surface area contributed by atoms with E-state index in [9.17, 15) is 0 Å². The second-order valence-corrected chi connectivity index (χ2v) is 4.38. The van der Waals surface area contributed by atoms with Crippen LogP contribution in [0.5, 0.6) is 5.88 Å². The predicted octanol–water partition coefficient (Wildman–Crippen LogP) is 2.26. The Kier molecular flexibility index (Phi) is 3.85. The molecular formula is C14H18N4O. The summed E-state index contributed by atoms with van der Waals surface area (Å²) < 4.78 is 5.09. The minimum absolute atomic E-state index is 0.143. The average molecular weight is 258 g/mol. The third-order valence-corrected chi connectivity index (χ3v) is 3.14. The van der Waals surface area contributed by atoms with Crippen LogP contribution in [0, 0.1) is 0 Å². The molecule has 0 saturated heterocycles. The Balaban J connectivity index is 2.25. The largest absolute Gasteiger partial charge is 0.480 e. The number of hydrogen-bond acceptors (Lipinski definition) is 5. The number of nitrogens with two attached hydrogens (primary N) is 1. The number of methoxy groups -OCH3 is 1. The molecule has 5 heteroatoms. The number of aromatic nitrogens is 2. The van der Waals surface area contributed by atoms with E-state index in [-0.39, 0.29) is 6.04 Å². The molecule has 1 atom stereocenters. The Labute approximate surface area is 113 Å². The molecule has 0 spiro atoms. The van der Waals surface area contributed by atoms with Crippen molar-refractivity contribution < 1.29 is 4.74 Å². The highest BCUT2D eigenvalue weighted by Crippen LogP contribution is 2.25. The van der Waals surface area contributed by atoms with E-state index in [0.29, 0.717) is 5.88 Å². The van der Waals surface area contributed by atoms with Crippen LogP contribution in [0.2, 0.25) is 0 Å². The fourth-order valence-corrected chi connectivity index (χ4v) is 1.85. The number of anilines is 2. The summed E-state index contributed by atoms with van der Waals surface area (Å²) >= 11 is 0. The summed E-state index contributed by atoms with van der Waals surface area (Å²) in [5.74, 6) is 1.26. The first-order chi connectivity index (χ1) is 9.11. The van der Waals surface area contributed by atoms with Crippen LogP contribution in [-0.4, -0.2) is 24.1 Å². The maximum atomic E-state index is 5.81. The molecule has 0 saturated carbocycles. The molecule has 1 aromatic heterocycles. The lowest BCUT2D eigenvalue weighted by molar-refractivity contribution is 0.395. The molecule has 0 fully saturated rings. The van der Waals surface area contributed by atoms with Gasteiger partial charge in [-0.15, -0.1) is 0 Å². The maximum absolute atomic E-state index is 5.81. The molecule has 0 amide bonds. The first-order valence-corrected chi connectivity index (χ1v) is 6.06. The predicted molar refractivity (Wildman–Crippen MR) is 76.3 cm³/mol. The Morgan fingerprint density at radius 2 is 2.11 bits per heavy atom. The van der Waals surface area contributed by atoms with Crippen molar-refractivity contribution in [1.82, 2.24) is 9.97 Å². The summed E-state index contributed by atoms with van der Waals surface area (Å²) in [6, 6.07) is 7.98. The zero-order chi connectivity index (χ0) is 13.8. The second kappa shape index (κ2) is 5.56. The Morgan fingerprint density at radius 1 is 1.32 bits per heavy atom. The zero-order valence-electron chi connectivity index (χ0n) is 11.4. The Hall–Kier alpha value is -2.30. The van der Waals surface area contributed by atoms with Gasteiger partial charge in [0, 0.05) is 12.7 Å². The molecule has 2 rings (SSSR count). The van der Waals surface area contributed by atoms with Gasteiger partial charge in [-0.1, -0.05) is 12.1 Å². The van der Waals surface area contributed by atoms with Crippen molar-refractivity contribution in [2.45, 2.75) is 13.0 Å². The second-order valence-electron chi connectivity index (χ2n) is 4.38. The van der Waals surface area contributed by atoms with Crippen molar-refractivity contribution in [3.8, 4) is 5.88 Å². The highest BCUT2D eigenvalue weighted by molar-refractivity contribution is 5.45. The standard InChI is InChI=1S/C14H18N4O/c1-10(11-5-4-6-12(15)7-11)18(2)13-8-16-9-14(17-13)19-3/h4-10H,15H2,1-3H3. The lowest BCUT2D eigenvalue weighted by Gasteiger charge is -2.26. The van der Waals surface area contributed by atoms with Crippen LogP contribution in [0.3, 0.4) is 0 Å². The molecule has 1 unspecified atom stereocenters. The fourth-order valence-electron chi connectivity index (χ4n) is 1.85. The topological polar surface area (TPSA) is 64.3 Å². The summed E-state index contributed by atoms with van der Waals surface area (Å²) in [6.07, 6.45) is 3.30. The molecule has 0 radical (unpaired) electrons. The molecule has 1 aromatic carbocycles. The van der Waals surface area contributed by atoms with Gasteiger partial charge in [-0.05, 0) is 24.6 Å². The summed E-state index contributed by atoms with van der Waals surface area (Å²) in [5, 5.41) is 0. The van der Waals surface area contributed by atoms with Gasteiger partial charge < -0.3 is 15.4 Å². The van der Waals surface area contributed by atoms with Crippen LogP contribution < -0.4 is 15.4 Å². The number of benzene rings is 1. The van der Waals surface area contributed by atoms with Crippen molar-refractivity contribution in [3.63, 3.8) is 0 Å². The van der Waals surface area contributed by atoms with E-state index in [4.69, 9.17) is 10.5 Å². The van der Waals surface area contributed by atoms with Crippen LogP contribution in [0.1, 0.15) is 18.5 Å². The van der Waals surface area contributed by atoms with Crippen molar-refractivity contribution in [1.29, 1.82) is 0 Å². The van der Waals surface area contributed by atoms with E-state index in [1.807, 2.05) is 36.2 Å². The van der Waals surface area contributed by atoms with Crippen molar-refractivity contribution in [3.05, 3.63) is 42.2 Å². The summed E-state index contributed by atoms with van der Waals surface area (Å²) in [7, 11) is 3.55. The van der Waals surface area contributed by atoms with Gasteiger partial charge in [0.05, 0.1) is 25.5 Å². The smallest absolute Gasteiger partial charge is 0.233 e. The number of rotatable bonds is 4. The number of hydrogen-bond donors (Lipinski definition) is 1. The van der Waals surface area contributed by atoms with Crippen LogP contribution in [0.25, 0.3) is 0 Å². The van der Waals surface area contributed by atoms with Crippen LogP contribution in [0.4, 0.5) is 11.5 Å². The number of ether oxygens (including phenoxy) is 1. The monoisotopic (exact) mass is 258 g/mol. The molecule has 0 aliphatic heterocycles. The molecule has 0 aliphatic carbocycles. The SMILES string of the molecule is COc1cncc(N(C)C(C)c2cccc(N)c2)n1. The molecule has 100 valence electrons. The van der Waals surface area contributed by atoms with Crippen LogP contribution in [-0.2, 0) is 0 Å². The van der Waals surface area contributed by atoms with Gasteiger partial charge >= 0.3 is 0 Å². The number of nitrogen functional groups attached to an aromatic ring is 1. The highest BCUT2D eigenvalue weighted by atomic mass is 16.5. The van der Waals surface area contributed by atoms with Gasteiger partial charge in [-0.2, -0.15) is 4.98 Å². The molecule has 5 nitrogen and oxygen atoms in total. The Morgan fingerprint density at radius 3 is 2.79 bits per heavy atom. The lowest BCUT2D eigenvalue weighted by atomic mass is 10.1. The minimum Gasteiger partial charge on any atom is -0.480 e. The molecule has 1 heterocycles. The molecular weight excluding hydrogens is 240 g/mol.